The predicted molar refractivity (Wildman–Crippen MR) is 73.7 cm³/mol. The number of benzene rings is 1. The Labute approximate surface area is 113 Å². The second-order valence-corrected chi connectivity index (χ2v) is 4.62. The maximum absolute atomic E-state index is 12.2. The lowest BCUT2D eigenvalue weighted by atomic mass is 10.2. The molecule has 1 saturated heterocycles. The van der Waals surface area contributed by atoms with Gasteiger partial charge in [0.05, 0.1) is 0 Å². The molecule has 0 spiro atoms. The van der Waals surface area contributed by atoms with Crippen molar-refractivity contribution in [2.45, 2.75) is 6.92 Å². The molecule has 0 bridgehead atoms. The zero-order valence-corrected chi connectivity index (χ0v) is 11.1. The topological polar surface area (TPSA) is 40.6 Å². The molecule has 1 aliphatic rings. The molecular formula is C15H18N2O2. The van der Waals surface area contributed by atoms with Gasteiger partial charge in [-0.05, 0) is 25.1 Å². The van der Waals surface area contributed by atoms with Crippen LogP contribution in [0.3, 0.4) is 0 Å². The number of amides is 1. The fourth-order valence-electron chi connectivity index (χ4n) is 2.05. The highest BCUT2D eigenvalue weighted by molar-refractivity contribution is 5.94. The van der Waals surface area contributed by atoms with E-state index in [1.165, 1.54) is 6.92 Å². The highest BCUT2D eigenvalue weighted by Crippen LogP contribution is 2.08. The summed E-state index contributed by atoms with van der Waals surface area (Å²) in [6.45, 7) is 4.45. The smallest absolute Gasteiger partial charge is 0.253 e. The maximum atomic E-state index is 12.2. The van der Waals surface area contributed by atoms with Gasteiger partial charge in [-0.2, -0.15) is 0 Å². The first-order chi connectivity index (χ1) is 9.16. The van der Waals surface area contributed by atoms with E-state index in [0.29, 0.717) is 13.1 Å². The molecule has 0 radical (unpaired) electrons. The van der Waals surface area contributed by atoms with Gasteiger partial charge in [0.2, 0.25) is 0 Å². The molecule has 0 atom stereocenters. The Morgan fingerprint density at radius 3 is 2.26 bits per heavy atom. The van der Waals surface area contributed by atoms with Crippen LogP contribution in [0.4, 0.5) is 0 Å². The Morgan fingerprint density at radius 2 is 1.68 bits per heavy atom. The molecule has 1 aromatic rings. The summed E-state index contributed by atoms with van der Waals surface area (Å²) >= 11 is 0. The van der Waals surface area contributed by atoms with Gasteiger partial charge in [-0.3, -0.25) is 9.59 Å². The van der Waals surface area contributed by atoms with Gasteiger partial charge in [0.15, 0.2) is 5.78 Å². The van der Waals surface area contributed by atoms with Crippen LogP contribution in [0.2, 0.25) is 0 Å². The Bertz CT molecular complexity index is 474. The molecule has 0 aliphatic carbocycles. The van der Waals surface area contributed by atoms with E-state index in [-0.39, 0.29) is 11.7 Å². The lowest BCUT2D eigenvalue weighted by molar-refractivity contribution is -0.112. The lowest BCUT2D eigenvalue weighted by Crippen LogP contribution is -2.46. The summed E-state index contributed by atoms with van der Waals surface area (Å²) in [5.74, 6) is 0.124. The summed E-state index contributed by atoms with van der Waals surface area (Å²) in [6, 6.07) is 9.33. The van der Waals surface area contributed by atoms with Gasteiger partial charge in [-0.25, -0.2) is 0 Å². The molecule has 4 nitrogen and oxygen atoms in total. The van der Waals surface area contributed by atoms with E-state index >= 15 is 0 Å². The quantitative estimate of drug-likeness (QED) is 0.772. The lowest BCUT2D eigenvalue weighted by Gasteiger charge is -2.34. The van der Waals surface area contributed by atoms with Crippen molar-refractivity contribution in [2.24, 2.45) is 0 Å². The molecular weight excluding hydrogens is 240 g/mol. The van der Waals surface area contributed by atoms with Crippen molar-refractivity contribution in [2.75, 3.05) is 26.2 Å². The van der Waals surface area contributed by atoms with Crippen LogP contribution in [-0.4, -0.2) is 47.7 Å². The van der Waals surface area contributed by atoms with Crippen LogP contribution in [0.15, 0.2) is 42.6 Å². The molecule has 0 aromatic heterocycles. The zero-order chi connectivity index (χ0) is 13.7. The van der Waals surface area contributed by atoms with E-state index in [9.17, 15) is 9.59 Å². The second-order valence-electron chi connectivity index (χ2n) is 4.62. The minimum Gasteiger partial charge on any atom is -0.374 e. The number of carbonyl (C=O) groups excluding carboxylic acids is 2. The van der Waals surface area contributed by atoms with Gasteiger partial charge in [0.1, 0.15) is 0 Å². The Morgan fingerprint density at radius 1 is 1.05 bits per heavy atom. The van der Waals surface area contributed by atoms with E-state index in [1.807, 2.05) is 41.4 Å². The Kier molecular flexibility index (Phi) is 4.34. The molecule has 1 fully saturated rings. The first-order valence-corrected chi connectivity index (χ1v) is 6.44. The Balaban J connectivity index is 1.90. The van der Waals surface area contributed by atoms with Crippen molar-refractivity contribution in [3.8, 4) is 0 Å². The molecule has 0 N–H and O–H groups in total. The molecule has 1 heterocycles. The van der Waals surface area contributed by atoms with Gasteiger partial charge in [-0.1, -0.05) is 18.2 Å². The fraction of sp³-hybridized carbons (Fsp3) is 0.333. The standard InChI is InChI=1S/C15H18N2O2/c1-13(18)7-8-16-9-11-17(12-10-16)15(19)14-5-3-2-4-6-14/h2-8H,9-12H2,1H3/b8-7+. The van der Waals surface area contributed by atoms with Crippen LogP contribution < -0.4 is 0 Å². The summed E-state index contributed by atoms with van der Waals surface area (Å²) in [7, 11) is 0. The third-order valence-corrected chi connectivity index (χ3v) is 3.14. The first kappa shape index (κ1) is 13.3. The zero-order valence-electron chi connectivity index (χ0n) is 11.1. The van der Waals surface area contributed by atoms with E-state index < -0.39 is 0 Å². The van der Waals surface area contributed by atoms with Crippen molar-refractivity contribution in [1.82, 2.24) is 9.80 Å². The SMILES string of the molecule is CC(=O)/C=C/N1CCN(C(=O)c2ccccc2)CC1. The third-order valence-electron chi connectivity index (χ3n) is 3.14. The van der Waals surface area contributed by atoms with E-state index in [2.05, 4.69) is 4.90 Å². The van der Waals surface area contributed by atoms with Gasteiger partial charge in [0, 0.05) is 37.9 Å². The molecule has 1 amide bonds. The van der Waals surface area contributed by atoms with Crippen LogP contribution in [0.5, 0.6) is 0 Å². The maximum Gasteiger partial charge on any atom is 0.253 e. The van der Waals surface area contributed by atoms with Crippen LogP contribution in [-0.2, 0) is 4.79 Å². The van der Waals surface area contributed by atoms with Crippen LogP contribution in [0, 0.1) is 0 Å². The number of hydrogen-bond acceptors (Lipinski definition) is 3. The third kappa shape index (κ3) is 3.68. The van der Waals surface area contributed by atoms with Crippen molar-refractivity contribution >= 4 is 11.7 Å². The highest BCUT2D eigenvalue weighted by atomic mass is 16.2. The molecule has 1 aromatic carbocycles. The molecule has 1 aliphatic heterocycles. The van der Waals surface area contributed by atoms with Crippen molar-refractivity contribution < 1.29 is 9.59 Å². The van der Waals surface area contributed by atoms with Crippen LogP contribution in [0.25, 0.3) is 0 Å². The van der Waals surface area contributed by atoms with E-state index in [0.717, 1.165) is 18.7 Å². The average Bonchev–Trinajstić information content (AvgIpc) is 2.46. The van der Waals surface area contributed by atoms with E-state index in [1.54, 1.807) is 6.08 Å². The number of piperazine rings is 1. The molecule has 0 unspecified atom stereocenters. The predicted octanol–water partition coefficient (Wildman–Crippen LogP) is 1.55. The molecule has 100 valence electrons. The highest BCUT2D eigenvalue weighted by Gasteiger charge is 2.20. The second kappa shape index (κ2) is 6.18. The van der Waals surface area contributed by atoms with Crippen molar-refractivity contribution in [3.05, 3.63) is 48.2 Å². The molecule has 4 heteroatoms. The van der Waals surface area contributed by atoms with Crippen LogP contribution >= 0.6 is 0 Å². The van der Waals surface area contributed by atoms with Gasteiger partial charge >= 0.3 is 0 Å². The van der Waals surface area contributed by atoms with Gasteiger partial charge in [0.25, 0.3) is 5.91 Å². The van der Waals surface area contributed by atoms with Gasteiger partial charge in [-0.15, -0.1) is 0 Å². The summed E-state index contributed by atoms with van der Waals surface area (Å²) in [4.78, 5) is 27.0. The van der Waals surface area contributed by atoms with Gasteiger partial charge < -0.3 is 9.80 Å². The minimum absolute atomic E-state index is 0.0443. The summed E-state index contributed by atoms with van der Waals surface area (Å²) in [5.41, 5.74) is 0.732. The summed E-state index contributed by atoms with van der Waals surface area (Å²) < 4.78 is 0. The average molecular weight is 258 g/mol. The number of allylic oxidation sites excluding steroid dienone is 1. The molecule has 0 saturated carbocycles. The Hall–Kier alpha value is -2.10. The molecule has 2 rings (SSSR count). The number of rotatable bonds is 3. The number of ketones is 1. The normalized spacial score (nSPS) is 15.8. The summed E-state index contributed by atoms with van der Waals surface area (Å²) in [5, 5.41) is 0. The monoisotopic (exact) mass is 258 g/mol. The van der Waals surface area contributed by atoms with Crippen molar-refractivity contribution in [1.29, 1.82) is 0 Å². The fourth-order valence-corrected chi connectivity index (χ4v) is 2.05. The van der Waals surface area contributed by atoms with Crippen LogP contribution in [0.1, 0.15) is 17.3 Å². The molecule has 19 heavy (non-hydrogen) atoms. The summed E-state index contributed by atoms with van der Waals surface area (Å²) in [6.07, 6.45) is 3.38. The minimum atomic E-state index is 0.0443. The largest absolute Gasteiger partial charge is 0.374 e. The van der Waals surface area contributed by atoms with Crippen molar-refractivity contribution in [3.63, 3.8) is 0 Å². The number of carbonyl (C=O) groups is 2. The number of nitrogens with zero attached hydrogens (tertiary/aromatic N) is 2. The number of hydrogen-bond donors (Lipinski definition) is 0. The first-order valence-electron chi connectivity index (χ1n) is 6.44. The van der Waals surface area contributed by atoms with E-state index in [4.69, 9.17) is 0 Å².